The molecular formula is C27H29ClN6O. The number of amides is 1. The number of nitrogens with zero attached hydrogens (tertiary/aromatic N) is 5. The van der Waals surface area contributed by atoms with Crippen LogP contribution in [-0.2, 0) is 11.2 Å². The van der Waals surface area contributed by atoms with Gasteiger partial charge in [-0.3, -0.25) is 4.79 Å². The van der Waals surface area contributed by atoms with Gasteiger partial charge in [0.1, 0.15) is 5.82 Å². The Morgan fingerprint density at radius 1 is 1.03 bits per heavy atom. The van der Waals surface area contributed by atoms with Crippen LogP contribution in [0.5, 0.6) is 0 Å². The Morgan fingerprint density at radius 3 is 2.51 bits per heavy atom. The first-order valence-electron chi connectivity index (χ1n) is 12.1. The molecule has 180 valence electrons. The number of aromatic nitrogens is 4. The summed E-state index contributed by atoms with van der Waals surface area (Å²) >= 11 is 6.03. The zero-order chi connectivity index (χ0) is 24.2. The maximum absolute atomic E-state index is 12.9. The molecule has 2 aromatic heterocycles. The van der Waals surface area contributed by atoms with Crippen molar-refractivity contribution in [2.75, 3.05) is 18.0 Å². The largest absolute Gasteiger partial charge is 0.355 e. The highest BCUT2D eigenvalue weighted by molar-refractivity contribution is 6.30. The molecule has 1 aliphatic heterocycles. The summed E-state index contributed by atoms with van der Waals surface area (Å²) in [5.74, 6) is 1.74. The Labute approximate surface area is 210 Å². The molecule has 0 spiro atoms. The molecular weight excluding hydrogens is 460 g/mol. The number of rotatable bonds is 7. The van der Waals surface area contributed by atoms with E-state index in [1.165, 1.54) is 5.56 Å². The third-order valence-corrected chi connectivity index (χ3v) is 6.89. The van der Waals surface area contributed by atoms with Gasteiger partial charge in [0.25, 0.3) is 0 Å². The summed E-state index contributed by atoms with van der Waals surface area (Å²) in [6, 6.07) is 22.0. The van der Waals surface area contributed by atoms with Crippen LogP contribution in [0.1, 0.15) is 31.7 Å². The molecule has 7 nitrogen and oxygen atoms in total. The van der Waals surface area contributed by atoms with E-state index in [-0.39, 0.29) is 17.9 Å². The van der Waals surface area contributed by atoms with E-state index >= 15 is 0 Å². The second-order valence-corrected chi connectivity index (χ2v) is 9.62. The number of hydrogen-bond acceptors (Lipinski definition) is 5. The molecule has 1 unspecified atom stereocenters. The molecule has 2 aromatic carbocycles. The normalized spacial score (nSPS) is 15.3. The minimum absolute atomic E-state index is 0.0358. The van der Waals surface area contributed by atoms with Crippen molar-refractivity contribution in [3.05, 3.63) is 77.3 Å². The average molecular weight is 489 g/mol. The number of carbonyl (C=O) groups excluding carboxylic acids is 1. The molecule has 1 saturated heterocycles. The van der Waals surface area contributed by atoms with Crippen LogP contribution in [0.2, 0.25) is 5.02 Å². The van der Waals surface area contributed by atoms with Crippen LogP contribution in [0.15, 0.2) is 66.7 Å². The van der Waals surface area contributed by atoms with Crippen molar-refractivity contribution in [2.24, 2.45) is 5.92 Å². The molecule has 1 amide bonds. The smallest absolute Gasteiger partial charge is 0.223 e. The summed E-state index contributed by atoms with van der Waals surface area (Å²) < 4.78 is 1.77. The van der Waals surface area contributed by atoms with Gasteiger partial charge in [-0.2, -0.15) is 4.52 Å². The van der Waals surface area contributed by atoms with E-state index in [1.807, 2.05) is 42.5 Å². The Bertz CT molecular complexity index is 1280. The zero-order valence-corrected chi connectivity index (χ0v) is 20.5. The minimum atomic E-state index is 0.0358. The highest BCUT2D eigenvalue weighted by atomic mass is 35.5. The minimum Gasteiger partial charge on any atom is -0.355 e. The van der Waals surface area contributed by atoms with E-state index in [2.05, 4.69) is 51.6 Å². The molecule has 0 aliphatic carbocycles. The van der Waals surface area contributed by atoms with Gasteiger partial charge in [0.2, 0.25) is 5.91 Å². The second kappa shape index (κ2) is 10.4. The average Bonchev–Trinajstić information content (AvgIpc) is 3.32. The predicted octanol–water partition coefficient (Wildman–Crippen LogP) is 4.80. The number of halogens is 1. The number of aryl methyl sites for hydroxylation is 1. The Balaban J connectivity index is 1.18. The van der Waals surface area contributed by atoms with Crippen LogP contribution < -0.4 is 10.2 Å². The lowest BCUT2D eigenvalue weighted by Gasteiger charge is -2.32. The lowest BCUT2D eigenvalue weighted by atomic mass is 9.95. The Morgan fingerprint density at radius 2 is 1.77 bits per heavy atom. The van der Waals surface area contributed by atoms with Crippen LogP contribution in [0.4, 0.5) is 5.82 Å². The van der Waals surface area contributed by atoms with Crippen molar-refractivity contribution in [2.45, 2.75) is 38.6 Å². The number of piperidine rings is 1. The van der Waals surface area contributed by atoms with Crippen molar-refractivity contribution >= 4 is 29.0 Å². The molecule has 3 heterocycles. The van der Waals surface area contributed by atoms with Crippen LogP contribution in [0, 0.1) is 5.92 Å². The summed E-state index contributed by atoms with van der Waals surface area (Å²) in [4.78, 5) is 15.1. The topological polar surface area (TPSA) is 75.4 Å². The van der Waals surface area contributed by atoms with Crippen LogP contribution in [0.25, 0.3) is 17.0 Å². The fraction of sp³-hybridized carbons (Fsp3) is 0.333. The monoisotopic (exact) mass is 488 g/mol. The Kier molecular flexibility index (Phi) is 6.95. The molecule has 0 saturated carbocycles. The summed E-state index contributed by atoms with van der Waals surface area (Å²) in [5.41, 5.74) is 2.90. The molecule has 1 aliphatic rings. The summed E-state index contributed by atoms with van der Waals surface area (Å²) in [6.45, 7) is 3.66. The van der Waals surface area contributed by atoms with Crippen LogP contribution >= 0.6 is 11.6 Å². The summed E-state index contributed by atoms with van der Waals surface area (Å²) in [7, 11) is 0. The maximum atomic E-state index is 12.9. The second-order valence-electron chi connectivity index (χ2n) is 9.19. The van der Waals surface area contributed by atoms with Crippen molar-refractivity contribution in [1.82, 2.24) is 25.1 Å². The molecule has 35 heavy (non-hydrogen) atoms. The molecule has 5 rings (SSSR count). The first-order chi connectivity index (χ1) is 17.1. The fourth-order valence-electron chi connectivity index (χ4n) is 4.56. The van der Waals surface area contributed by atoms with Gasteiger partial charge >= 0.3 is 0 Å². The van der Waals surface area contributed by atoms with Gasteiger partial charge in [-0.15, -0.1) is 15.3 Å². The lowest BCUT2D eigenvalue weighted by molar-refractivity contribution is -0.126. The third kappa shape index (κ3) is 5.46. The van der Waals surface area contributed by atoms with E-state index in [1.54, 1.807) is 4.52 Å². The van der Waals surface area contributed by atoms with Gasteiger partial charge in [-0.1, -0.05) is 41.9 Å². The van der Waals surface area contributed by atoms with E-state index in [4.69, 9.17) is 16.7 Å². The van der Waals surface area contributed by atoms with Crippen LogP contribution in [0.3, 0.4) is 0 Å². The predicted molar refractivity (Wildman–Crippen MR) is 139 cm³/mol. The molecule has 1 atom stereocenters. The highest BCUT2D eigenvalue weighted by Gasteiger charge is 2.26. The first kappa shape index (κ1) is 23.3. The molecule has 0 bridgehead atoms. The molecule has 4 aromatic rings. The maximum Gasteiger partial charge on any atom is 0.223 e. The van der Waals surface area contributed by atoms with E-state index in [0.717, 1.165) is 50.2 Å². The van der Waals surface area contributed by atoms with Crippen molar-refractivity contribution in [3.8, 4) is 11.4 Å². The highest BCUT2D eigenvalue weighted by Crippen LogP contribution is 2.25. The number of anilines is 1. The van der Waals surface area contributed by atoms with E-state index in [0.29, 0.717) is 16.5 Å². The number of nitrogens with one attached hydrogen (secondary N) is 1. The number of hydrogen-bond donors (Lipinski definition) is 1. The third-order valence-electron chi connectivity index (χ3n) is 6.64. The summed E-state index contributed by atoms with van der Waals surface area (Å²) in [5, 5.41) is 17.3. The van der Waals surface area contributed by atoms with Gasteiger partial charge in [-0.05, 0) is 74.6 Å². The number of fused-ring (bicyclic) bond motifs is 1. The van der Waals surface area contributed by atoms with Gasteiger partial charge in [0.15, 0.2) is 11.5 Å². The van der Waals surface area contributed by atoms with E-state index < -0.39 is 0 Å². The quantitative estimate of drug-likeness (QED) is 0.404. The van der Waals surface area contributed by atoms with Gasteiger partial charge < -0.3 is 10.2 Å². The van der Waals surface area contributed by atoms with Gasteiger partial charge in [0.05, 0.1) is 0 Å². The standard InChI is InChI=1S/C27H29ClN6O/c1-19(7-8-20-5-3-2-4-6-20)29-27(35)22-15-17-33(18-16-22)25-14-13-24-30-31-26(34(24)32-25)21-9-11-23(28)12-10-21/h2-6,9-14,19,22H,7-8,15-18H2,1H3,(H,29,35). The lowest BCUT2D eigenvalue weighted by Crippen LogP contribution is -2.43. The molecule has 1 fully saturated rings. The van der Waals surface area contributed by atoms with Crippen LogP contribution in [-0.4, -0.2) is 44.8 Å². The SMILES string of the molecule is CC(CCc1ccccc1)NC(=O)C1CCN(c2ccc3nnc(-c4ccc(Cl)cc4)n3n2)CC1. The van der Waals surface area contributed by atoms with Gasteiger partial charge in [0, 0.05) is 35.6 Å². The fourth-order valence-corrected chi connectivity index (χ4v) is 4.68. The van der Waals surface area contributed by atoms with E-state index in [9.17, 15) is 4.79 Å². The molecule has 8 heteroatoms. The summed E-state index contributed by atoms with van der Waals surface area (Å²) in [6.07, 6.45) is 3.52. The molecule has 0 radical (unpaired) electrons. The molecule has 1 N–H and O–H groups in total. The number of benzene rings is 2. The van der Waals surface area contributed by atoms with Gasteiger partial charge in [-0.25, -0.2) is 0 Å². The first-order valence-corrected chi connectivity index (χ1v) is 12.5. The van der Waals surface area contributed by atoms with Crippen molar-refractivity contribution in [3.63, 3.8) is 0 Å². The Hall–Kier alpha value is -3.45. The van der Waals surface area contributed by atoms with Crippen molar-refractivity contribution in [1.29, 1.82) is 0 Å². The number of carbonyl (C=O) groups is 1. The zero-order valence-electron chi connectivity index (χ0n) is 19.8. The van der Waals surface area contributed by atoms with Crippen molar-refractivity contribution < 1.29 is 4.79 Å².